The van der Waals surface area contributed by atoms with E-state index in [2.05, 4.69) is 5.32 Å². The molecule has 0 saturated heterocycles. The third-order valence-corrected chi connectivity index (χ3v) is 5.19. The molecule has 0 bridgehead atoms. The Labute approximate surface area is 181 Å². The average Bonchev–Trinajstić information content (AvgIpc) is 3.26. The van der Waals surface area contributed by atoms with Gasteiger partial charge in [-0.15, -0.1) is 0 Å². The van der Waals surface area contributed by atoms with Crippen molar-refractivity contribution in [1.29, 1.82) is 0 Å². The van der Waals surface area contributed by atoms with Gasteiger partial charge in [-0.2, -0.15) is 0 Å². The molecule has 2 heterocycles. The van der Waals surface area contributed by atoms with E-state index >= 15 is 0 Å². The van der Waals surface area contributed by atoms with E-state index in [-0.39, 0.29) is 29.1 Å². The third-order valence-electron chi connectivity index (χ3n) is 5.19. The Kier molecular flexibility index (Phi) is 5.47. The molecule has 1 atom stereocenters. The Hall–Kier alpha value is -4.02. The van der Waals surface area contributed by atoms with Crippen molar-refractivity contribution in [3.05, 3.63) is 69.9 Å². The van der Waals surface area contributed by atoms with Gasteiger partial charge in [-0.25, -0.2) is 0 Å². The molecular weight excluding hydrogens is 418 g/mol. The first-order valence-corrected chi connectivity index (χ1v) is 9.67. The fourth-order valence-corrected chi connectivity index (χ4v) is 3.78. The maximum absolute atomic E-state index is 12.8. The van der Waals surface area contributed by atoms with Crippen molar-refractivity contribution >= 4 is 39.6 Å². The molecule has 3 N–H and O–H groups in total. The summed E-state index contributed by atoms with van der Waals surface area (Å²) in [6.07, 6.45) is 0.460. The number of ether oxygens (including phenoxy) is 1. The number of aromatic nitrogens is 1. The predicted octanol–water partition coefficient (Wildman–Crippen LogP) is 1.39. The van der Waals surface area contributed by atoms with Gasteiger partial charge in [0.25, 0.3) is 11.8 Å². The summed E-state index contributed by atoms with van der Waals surface area (Å²) < 4.78 is 7.13. The van der Waals surface area contributed by atoms with Crippen LogP contribution in [0.2, 0.25) is 0 Å². The molecule has 2 amide bonds. The lowest BCUT2D eigenvalue weighted by atomic mass is 9.94. The summed E-state index contributed by atoms with van der Waals surface area (Å²) in [5, 5.41) is 33.4. The van der Waals surface area contributed by atoms with Crippen LogP contribution < -0.4 is 10.1 Å². The zero-order valence-corrected chi connectivity index (χ0v) is 16.9. The number of nitrogens with zero attached hydrogens (tertiary/aromatic N) is 2. The summed E-state index contributed by atoms with van der Waals surface area (Å²) in [7, 11) is 1.80. The molecule has 164 valence electrons. The number of hydrogen-bond acceptors (Lipinski definition) is 7. The number of nitro benzene ring substituents is 1. The van der Waals surface area contributed by atoms with Crippen LogP contribution >= 0.6 is 0 Å². The van der Waals surface area contributed by atoms with E-state index in [0.717, 1.165) is 5.52 Å². The zero-order valence-electron chi connectivity index (χ0n) is 16.9. The quantitative estimate of drug-likeness (QED) is 0.288. The molecule has 1 aliphatic rings. The smallest absolute Gasteiger partial charge is 0.318 e. The first kappa shape index (κ1) is 21.2. The number of nitrogens with one attached hydrogen (secondary N) is 1. The number of fused-ring (bicyclic) bond motifs is 1. The fraction of sp³-hybridized carbons (Fsp3) is 0.182. The molecule has 0 fully saturated rings. The van der Waals surface area contributed by atoms with Crippen LogP contribution in [0.15, 0.2) is 48.7 Å². The van der Waals surface area contributed by atoms with Gasteiger partial charge >= 0.3 is 5.69 Å². The van der Waals surface area contributed by atoms with Gasteiger partial charge in [-0.3, -0.25) is 25.0 Å². The number of aliphatic hydroxyl groups excluding tert-OH is 2. The second-order valence-electron chi connectivity index (χ2n) is 7.26. The van der Waals surface area contributed by atoms with E-state index in [1.165, 1.54) is 18.2 Å². The molecular formula is C22H19N3O7. The number of aryl methyl sites for hydroxylation is 1. The minimum atomic E-state index is -1.24. The van der Waals surface area contributed by atoms with E-state index in [4.69, 9.17) is 9.84 Å². The van der Waals surface area contributed by atoms with Crippen LogP contribution in [-0.2, 0) is 16.6 Å². The highest BCUT2D eigenvalue weighted by atomic mass is 16.6. The zero-order chi connectivity index (χ0) is 23.0. The summed E-state index contributed by atoms with van der Waals surface area (Å²) in [6, 6.07) is 11.4. The van der Waals surface area contributed by atoms with Gasteiger partial charge in [0.05, 0.1) is 28.2 Å². The maximum atomic E-state index is 12.8. The van der Waals surface area contributed by atoms with Crippen LogP contribution in [0, 0.1) is 10.1 Å². The second kappa shape index (κ2) is 8.25. The van der Waals surface area contributed by atoms with Crippen LogP contribution in [0.4, 0.5) is 5.69 Å². The standard InChI is InChI=1S/C22H19N3O7/c1-24-9-15(13-5-2-3-7-16(13)24)19-18(21(28)23-22(19)29)14-6-4-8-17(20(14)25(30)31)32-11-12(27)10-26/h2-9,12,26-27H,10-11H2,1H3,(H,23,28,29). The Balaban J connectivity index is 1.95. The molecule has 10 heteroatoms. The summed E-state index contributed by atoms with van der Waals surface area (Å²) >= 11 is 0. The van der Waals surface area contributed by atoms with Crippen LogP contribution in [0.1, 0.15) is 11.1 Å². The number of imide groups is 1. The van der Waals surface area contributed by atoms with Gasteiger partial charge in [0.15, 0.2) is 5.75 Å². The van der Waals surface area contributed by atoms with E-state index < -0.39 is 35.1 Å². The van der Waals surface area contributed by atoms with Crippen molar-refractivity contribution in [3.63, 3.8) is 0 Å². The largest absolute Gasteiger partial charge is 0.484 e. The second-order valence-corrected chi connectivity index (χ2v) is 7.26. The lowest BCUT2D eigenvalue weighted by molar-refractivity contribution is -0.386. The van der Waals surface area contributed by atoms with Gasteiger partial charge in [-0.1, -0.05) is 24.3 Å². The molecule has 1 aliphatic heterocycles. The summed E-state index contributed by atoms with van der Waals surface area (Å²) in [6.45, 7) is -0.970. The number of nitro groups is 1. The average molecular weight is 437 g/mol. The normalized spacial score (nSPS) is 14.7. The van der Waals surface area contributed by atoms with Gasteiger partial charge in [0.2, 0.25) is 0 Å². The molecule has 4 rings (SSSR count). The SMILES string of the molecule is Cn1cc(C2=C(c3cccc(OCC(O)CO)c3[N+](=O)[O-])C(=O)NC2=O)c2ccccc21. The fourth-order valence-electron chi connectivity index (χ4n) is 3.78. The number of benzene rings is 2. The molecule has 3 aromatic rings. The molecule has 0 aliphatic carbocycles. The molecule has 10 nitrogen and oxygen atoms in total. The Morgan fingerprint density at radius 3 is 2.47 bits per heavy atom. The highest BCUT2D eigenvalue weighted by Crippen LogP contribution is 2.41. The summed E-state index contributed by atoms with van der Waals surface area (Å²) in [5.41, 5.74) is 0.588. The van der Waals surface area contributed by atoms with Crippen LogP contribution in [-0.4, -0.2) is 50.8 Å². The predicted molar refractivity (Wildman–Crippen MR) is 115 cm³/mol. The number of rotatable bonds is 7. The van der Waals surface area contributed by atoms with Crippen molar-refractivity contribution in [1.82, 2.24) is 9.88 Å². The summed E-state index contributed by atoms with van der Waals surface area (Å²) in [4.78, 5) is 36.8. The number of para-hydroxylation sites is 2. The van der Waals surface area contributed by atoms with Crippen LogP contribution in [0.25, 0.3) is 22.0 Å². The molecule has 0 radical (unpaired) electrons. The molecule has 2 aromatic carbocycles. The third kappa shape index (κ3) is 3.51. The number of amides is 2. The topological polar surface area (TPSA) is 144 Å². The molecule has 1 aromatic heterocycles. The first-order chi connectivity index (χ1) is 15.3. The maximum Gasteiger partial charge on any atom is 0.318 e. The number of aliphatic hydroxyl groups is 2. The van der Waals surface area contributed by atoms with Gasteiger partial charge in [-0.05, 0) is 18.2 Å². The van der Waals surface area contributed by atoms with E-state index in [0.29, 0.717) is 10.9 Å². The van der Waals surface area contributed by atoms with Crippen molar-refractivity contribution in [2.45, 2.75) is 6.10 Å². The van der Waals surface area contributed by atoms with Gasteiger partial charge < -0.3 is 19.5 Å². The molecule has 1 unspecified atom stereocenters. The van der Waals surface area contributed by atoms with Crippen LogP contribution in [0.3, 0.4) is 0 Å². The Bertz CT molecular complexity index is 1290. The molecule has 0 saturated carbocycles. The van der Waals surface area contributed by atoms with Gasteiger partial charge in [0, 0.05) is 29.7 Å². The van der Waals surface area contributed by atoms with Gasteiger partial charge in [0.1, 0.15) is 12.7 Å². The highest BCUT2D eigenvalue weighted by molar-refractivity contribution is 6.50. The van der Waals surface area contributed by atoms with E-state index in [1.807, 2.05) is 12.1 Å². The first-order valence-electron chi connectivity index (χ1n) is 9.67. The Morgan fingerprint density at radius 2 is 1.78 bits per heavy atom. The number of carbonyl (C=O) groups is 2. The number of carbonyl (C=O) groups excluding carboxylic acids is 2. The van der Waals surface area contributed by atoms with Crippen molar-refractivity contribution in [3.8, 4) is 5.75 Å². The lowest BCUT2D eigenvalue weighted by Gasteiger charge is -2.12. The molecule has 32 heavy (non-hydrogen) atoms. The molecule has 0 spiro atoms. The van der Waals surface area contributed by atoms with Crippen molar-refractivity contribution < 1.29 is 29.5 Å². The van der Waals surface area contributed by atoms with Crippen molar-refractivity contribution in [2.75, 3.05) is 13.2 Å². The number of hydrogen-bond donors (Lipinski definition) is 3. The minimum Gasteiger partial charge on any atom is -0.484 e. The lowest BCUT2D eigenvalue weighted by Crippen LogP contribution is -2.23. The monoisotopic (exact) mass is 437 g/mol. The highest BCUT2D eigenvalue weighted by Gasteiger charge is 2.38. The van der Waals surface area contributed by atoms with E-state index in [9.17, 15) is 24.8 Å². The summed E-state index contributed by atoms with van der Waals surface area (Å²) in [5.74, 6) is -1.61. The minimum absolute atomic E-state index is 0.0300. The van der Waals surface area contributed by atoms with Crippen LogP contribution in [0.5, 0.6) is 5.75 Å². The van der Waals surface area contributed by atoms with E-state index in [1.54, 1.807) is 29.9 Å². The van der Waals surface area contributed by atoms with Crippen molar-refractivity contribution in [2.24, 2.45) is 7.05 Å². The Morgan fingerprint density at radius 1 is 1.09 bits per heavy atom.